The summed E-state index contributed by atoms with van der Waals surface area (Å²) in [4.78, 5) is 13.1. The van der Waals surface area contributed by atoms with Gasteiger partial charge in [-0.3, -0.25) is 9.78 Å². The molecule has 0 saturated carbocycles. The summed E-state index contributed by atoms with van der Waals surface area (Å²) in [5, 5.41) is 7.42. The Hall–Kier alpha value is -1.38. The highest BCUT2D eigenvalue weighted by Crippen LogP contribution is 2.06. The Bertz CT molecular complexity index is 266. The molecule has 1 heterocycles. The van der Waals surface area contributed by atoms with Crippen LogP contribution in [0.2, 0.25) is 0 Å². The predicted octanol–water partition coefficient (Wildman–Crippen LogP) is 2.76. The summed E-state index contributed by atoms with van der Waals surface area (Å²) in [7, 11) is 0. The number of aliphatic carboxylic acids is 1. The van der Waals surface area contributed by atoms with Crippen molar-refractivity contribution in [1.29, 1.82) is 0 Å². The lowest BCUT2D eigenvalue weighted by Crippen LogP contribution is -1.91. The summed E-state index contributed by atoms with van der Waals surface area (Å²) in [5.41, 5.74) is 1.35. The third kappa shape index (κ3) is 10.5. The van der Waals surface area contributed by atoms with Crippen molar-refractivity contribution >= 4 is 5.97 Å². The lowest BCUT2D eigenvalue weighted by Gasteiger charge is -2.02. The molecule has 0 spiro atoms. The van der Waals surface area contributed by atoms with Gasteiger partial charge in [-0.05, 0) is 30.4 Å². The van der Waals surface area contributed by atoms with E-state index in [-0.39, 0.29) is 0 Å². The van der Waals surface area contributed by atoms with E-state index < -0.39 is 5.97 Å². The summed E-state index contributed by atoms with van der Waals surface area (Å²) in [6, 6.07) is 4.13. The van der Waals surface area contributed by atoms with Gasteiger partial charge in [0.2, 0.25) is 0 Å². The minimum Gasteiger partial charge on any atom is -0.481 e. The lowest BCUT2D eigenvalue weighted by atomic mass is 10.0. The van der Waals surface area contributed by atoms with Crippen molar-refractivity contribution < 1.29 is 9.90 Å². The maximum Gasteiger partial charge on any atom is 0.300 e. The normalized spacial score (nSPS) is 9.33. The summed E-state index contributed by atoms with van der Waals surface area (Å²) in [6.45, 7) is 5.58. The first-order valence-corrected chi connectivity index (χ1v) is 5.10. The fourth-order valence-corrected chi connectivity index (χ4v) is 1.00. The molecular formula is C12H19NO2. The second kappa shape index (κ2) is 7.97. The summed E-state index contributed by atoms with van der Waals surface area (Å²) >= 11 is 0. The Morgan fingerprint density at radius 3 is 2.53 bits per heavy atom. The van der Waals surface area contributed by atoms with Crippen LogP contribution in [0, 0.1) is 5.92 Å². The second-order valence-electron chi connectivity index (χ2n) is 3.81. The third-order valence-electron chi connectivity index (χ3n) is 1.73. The molecule has 0 atom stereocenters. The van der Waals surface area contributed by atoms with Crippen molar-refractivity contribution in [3.05, 3.63) is 30.1 Å². The van der Waals surface area contributed by atoms with Gasteiger partial charge in [-0.1, -0.05) is 19.9 Å². The number of carboxylic acid groups (broad SMARTS) is 1. The van der Waals surface area contributed by atoms with Crippen LogP contribution in [0.4, 0.5) is 0 Å². The third-order valence-corrected chi connectivity index (χ3v) is 1.73. The van der Waals surface area contributed by atoms with Crippen LogP contribution in [0.3, 0.4) is 0 Å². The van der Waals surface area contributed by atoms with Gasteiger partial charge >= 0.3 is 0 Å². The lowest BCUT2D eigenvalue weighted by molar-refractivity contribution is -0.134. The molecule has 1 aromatic rings. The fraction of sp³-hybridized carbons (Fsp3) is 0.500. The highest BCUT2D eigenvalue weighted by atomic mass is 16.4. The Balaban J connectivity index is 0.000000423. The minimum atomic E-state index is -0.833. The molecule has 0 unspecified atom stereocenters. The molecule has 3 heteroatoms. The molecule has 1 rings (SSSR count). The Morgan fingerprint density at radius 2 is 2.13 bits per heavy atom. The van der Waals surface area contributed by atoms with Gasteiger partial charge in [-0.2, -0.15) is 0 Å². The van der Waals surface area contributed by atoms with Gasteiger partial charge < -0.3 is 5.11 Å². The molecule has 1 aromatic heterocycles. The van der Waals surface area contributed by atoms with E-state index in [4.69, 9.17) is 9.90 Å². The average molecular weight is 209 g/mol. The maximum atomic E-state index is 9.00. The number of nitrogens with zero attached hydrogens (tertiary/aromatic N) is 1. The first-order valence-electron chi connectivity index (χ1n) is 5.10. The fourth-order valence-electron chi connectivity index (χ4n) is 1.00. The van der Waals surface area contributed by atoms with E-state index in [2.05, 4.69) is 24.9 Å². The van der Waals surface area contributed by atoms with Crippen molar-refractivity contribution in [2.75, 3.05) is 0 Å². The van der Waals surface area contributed by atoms with Gasteiger partial charge in [-0.25, -0.2) is 0 Å². The van der Waals surface area contributed by atoms with Crippen LogP contribution in [0.1, 0.15) is 32.8 Å². The topological polar surface area (TPSA) is 50.2 Å². The number of aromatic nitrogens is 1. The van der Waals surface area contributed by atoms with E-state index in [1.165, 1.54) is 12.0 Å². The molecule has 0 amide bonds. The van der Waals surface area contributed by atoms with E-state index in [1.54, 1.807) is 0 Å². The van der Waals surface area contributed by atoms with Crippen LogP contribution >= 0.6 is 0 Å². The molecule has 0 bridgehead atoms. The van der Waals surface area contributed by atoms with Crippen molar-refractivity contribution in [3.8, 4) is 0 Å². The predicted molar refractivity (Wildman–Crippen MR) is 60.7 cm³/mol. The molecule has 84 valence electrons. The zero-order valence-corrected chi connectivity index (χ0v) is 9.60. The van der Waals surface area contributed by atoms with Gasteiger partial charge in [0.05, 0.1) is 0 Å². The number of pyridine rings is 1. The highest BCUT2D eigenvalue weighted by molar-refractivity contribution is 5.62. The van der Waals surface area contributed by atoms with Crippen LogP contribution in [0.25, 0.3) is 0 Å². The van der Waals surface area contributed by atoms with E-state index in [0.717, 1.165) is 19.3 Å². The van der Waals surface area contributed by atoms with Gasteiger partial charge in [0.1, 0.15) is 0 Å². The zero-order valence-electron chi connectivity index (χ0n) is 9.60. The smallest absolute Gasteiger partial charge is 0.300 e. The van der Waals surface area contributed by atoms with Crippen molar-refractivity contribution in [1.82, 2.24) is 4.98 Å². The molecule has 0 aliphatic carbocycles. The molecule has 1 N–H and O–H groups in total. The first-order chi connectivity index (χ1) is 7.02. The monoisotopic (exact) mass is 209 g/mol. The largest absolute Gasteiger partial charge is 0.481 e. The number of aryl methyl sites for hydroxylation is 1. The van der Waals surface area contributed by atoms with Crippen LogP contribution in [-0.4, -0.2) is 16.1 Å². The van der Waals surface area contributed by atoms with Gasteiger partial charge in [0.25, 0.3) is 5.97 Å². The molecule has 15 heavy (non-hydrogen) atoms. The van der Waals surface area contributed by atoms with Crippen molar-refractivity contribution in [3.63, 3.8) is 0 Å². The van der Waals surface area contributed by atoms with Gasteiger partial charge in [-0.15, -0.1) is 0 Å². The number of hydrogen-bond donors (Lipinski definition) is 1. The molecule has 0 radical (unpaired) electrons. The van der Waals surface area contributed by atoms with Crippen LogP contribution in [0.15, 0.2) is 24.5 Å². The highest BCUT2D eigenvalue weighted by Gasteiger charge is 1.95. The number of carbonyl (C=O) groups is 1. The van der Waals surface area contributed by atoms with E-state index in [1.807, 2.05) is 18.5 Å². The first kappa shape index (κ1) is 13.6. The van der Waals surface area contributed by atoms with Gasteiger partial charge in [0, 0.05) is 19.3 Å². The SMILES string of the molecule is CC(=O)O.CC(C)CCc1cccnc1. The van der Waals surface area contributed by atoms with Gasteiger partial charge in [0.15, 0.2) is 0 Å². The number of hydrogen-bond acceptors (Lipinski definition) is 2. The molecule has 0 aliphatic heterocycles. The molecule has 0 fully saturated rings. The Kier molecular flexibility index (Phi) is 7.24. The van der Waals surface area contributed by atoms with Crippen LogP contribution < -0.4 is 0 Å². The second-order valence-corrected chi connectivity index (χ2v) is 3.81. The van der Waals surface area contributed by atoms with E-state index >= 15 is 0 Å². The zero-order chi connectivity index (χ0) is 11.7. The number of rotatable bonds is 3. The molecule has 3 nitrogen and oxygen atoms in total. The summed E-state index contributed by atoms with van der Waals surface area (Å²) in [5.74, 6) is -0.0461. The minimum absolute atomic E-state index is 0.787. The molecule has 0 saturated heterocycles. The summed E-state index contributed by atoms with van der Waals surface area (Å²) in [6.07, 6.45) is 6.18. The standard InChI is InChI=1S/C10H15N.C2H4O2/c1-9(2)5-6-10-4-3-7-11-8-10;1-2(3)4/h3-4,7-9H,5-6H2,1-2H3;1H3,(H,3,4). The quantitative estimate of drug-likeness (QED) is 0.832. The molecule has 0 aromatic carbocycles. The van der Waals surface area contributed by atoms with Crippen molar-refractivity contribution in [2.45, 2.75) is 33.6 Å². The Morgan fingerprint density at radius 1 is 1.53 bits per heavy atom. The molecule has 0 aliphatic rings. The number of carboxylic acids is 1. The van der Waals surface area contributed by atoms with E-state index in [9.17, 15) is 0 Å². The van der Waals surface area contributed by atoms with E-state index in [0.29, 0.717) is 0 Å². The van der Waals surface area contributed by atoms with Crippen LogP contribution in [-0.2, 0) is 11.2 Å². The van der Waals surface area contributed by atoms with Crippen molar-refractivity contribution in [2.24, 2.45) is 5.92 Å². The molecular weight excluding hydrogens is 190 g/mol. The Labute approximate surface area is 91.2 Å². The summed E-state index contributed by atoms with van der Waals surface area (Å²) < 4.78 is 0. The van der Waals surface area contributed by atoms with Crippen LogP contribution in [0.5, 0.6) is 0 Å². The average Bonchev–Trinajstić information content (AvgIpc) is 2.15. The maximum absolute atomic E-state index is 9.00.